The van der Waals surface area contributed by atoms with Crippen molar-refractivity contribution in [2.24, 2.45) is 0 Å². The molecule has 114 valence electrons. The number of aliphatic hydroxyl groups is 2. The molecule has 0 saturated carbocycles. The molecule has 4 N–H and O–H groups in total. The minimum absolute atomic E-state index is 0.286. The standard InChI is InChI=1S/C13H19N5O3/c1-2-3-7(19)9-4-8(20)13(21-9)18-6-17-10-11(14)15-5-16-12(10)18/h5-9,13,19-20H,2-4H2,1H3,(H2,14,15,16)/t7-,8-,9+,13-/m1/s1. The Morgan fingerprint density at radius 3 is 3.05 bits per heavy atom. The van der Waals surface area contributed by atoms with E-state index in [1.807, 2.05) is 6.92 Å². The fourth-order valence-electron chi connectivity index (χ4n) is 2.72. The summed E-state index contributed by atoms with van der Waals surface area (Å²) in [6.45, 7) is 2.00. The predicted molar refractivity (Wildman–Crippen MR) is 75.2 cm³/mol. The minimum Gasteiger partial charge on any atom is -0.390 e. The third-order valence-electron chi connectivity index (χ3n) is 3.79. The van der Waals surface area contributed by atoms with Crippen molar-refractivity contribution in [1.29, 1.82) is 0 Å². The van der Waals surface area contributed by atoms with Gasteiger partial charge in [0.2, 0.25) is 0 Å². The van der Waals surface area contributed by atoms with Gasteiger partial charge in [-0.3, -0.25) is 4.57 Å². The zero-order valence-corrected chi connectivity index (χ0v) is 11.8. The summed E-state index contributed by atoms with van der Waals surface area (Å²) in [5, 5.41) is 20.3. The number of nitrogens with zero attached hydrogens (tertiary/aromatic N) is 4. The summed E-state index contributed by atoms with van der Waals surface area (Å²) in [5.41, 5.74) is 6.74. The molecule has 1 aliphatic heterocycles. The number of ether oxygens (including phenoxy) is 1. The molecular formula is C13H19N5O3. The van der Waals surface area contributed by atoms with E-state index in [9.17, 15) is 10.2 Å². The molecule has 0 unspecified atom stereocenters. The molecule has 3 heterocycles. The number of hydrogen-bond donors (Lipinski definition) is 3. The second-order valence-electron chi connectivity index (χ2n) is 5.31. The summed E-state index contributed by atoms with van der Waals surface area (Å²) < 4.78 is 7.44. The Labute approximate surface area is 121 Å². The monoisotopic (exact) mass is 293 g/mol. The van der Waals surface area contributed by atoms with E-state index < -0.39 is 18.4 Å². The van der Waals surface area contributed by atoms with E-state index in [1.165, 1.54) is 12.7 Å². The Morgan fingerprint density at radius 2 is 2.29 bits per heavy atom. The zero-order valence-electron chi connectivity index (χ0n) is 11.8. The van der Waals surface area contributed by atoms with Crippen molar-refractivity contribution in [1.82, 2.24) is 19.5 Å². The molecule has 2 aromatic heterocycles. The van der Waals surface area contributed by atoms with Gasteiger partial charge in [0.15, 0.2) is 17.7 Å². The molecule has 0 aliphatic carbocycles. The highest BCUT2D eigenvalue weighted by Crippen LogP contribution is 2.33. The van der Waals surface area contributed by atoms with Gasteiger partial charge >= 0.3 is 0 Å². The van der Waals surface area contributed by atoms with Crippen molar-refractivity contribution in [2.45, 2.75) is 50.7 Å². The highest BCUT2D eigenvalue weighted by molar-refractivity contribution is 5.81. The predicted octanol–water partition coefficient (Wildman–Crippen LogP) is 0.218. The molecule has 0 bridgehead atoms. The molecule has 1 saturated heterocycles. The van der Waals surface area contributed by atoms with Crippen LogP contribution in [0.5, 0.6) is 0 Å². The summed E-state index contributed by atoms with van der Waals surface area (Å²) in [4.78, 5) is 12.2. The van der Waals surface area contributed by atoms with E-state index in [2.05, 4.69) is 15.0 Å². The van der Waals surface area contributed by atoms with E-state index in [4.69, 9.17) is 10.5 Å². The highest BCUT2D eigenvalue weighted by atomic mass is 16.5. The van der Waals surface area contributed by atoms with Crippen molar-refractivity contribution in [3.05, 3.63) is 12.7 Å². The first-order valence-electron chi connectivity index (χ1n) is 7.06. The molecule has 0 radical (unpaired) electrons. The molecule has 1 aliphatic rings. The molecule has 1 fully saturated rings. The molecule has 0 spiro atoms. The molecule has 21 heavy (non-hydrogen) atoms. The van der Waals surface area contributed by atoms with Crippen LogP contribution in [0, 0.1) is 0 Å². The lowest BCUT2D eigenvalue weighted by atomic mass is 10.1. The number of imidazole rings is 1. The highest BCUT2D eigenvalue weighted by Gasteiger charge is 2.39. The first kappa shape index (κ1) is 14.2. The van der Waals surface area contributed by atoms with Gasteiger partial charge in [0.05, 0.1) is 18.5 Å². The lowest BCUT2D eigenvalue weighted by Gasteiger charge is -2.19. The van der Waals surface area contributed by atoms with Crippen LogP contribution in [0.25, 0.3) is 11.2 Å². The fourth-order valence-corrected chi connectivity index (χ4v) is 2.72. The number of rotatable bonds is 4. The van der Waals surface area contributed by atoms with Crippen LogP contribution in [-0.4, -0.2) is 48.0 Å². The average Bonchev–Trinajstić information content (AvgIpc) is 3.03. The van der Waals surface area contributed by atoms with E-state index >= 15 is 0 Å². The quantitative estimate of drug-likeness (QED) is 0.737. The fraction of sp³-hybridized carbons (Fsp3) is 0.615. The van der Waals surface area contributed by atoms with Gasteiger partial charge in [0.25, 0.3) is 0 Å². The third kappa shape index (κ3) is 2.45. The minimum atomic E-state index is -0.727. The smallest absolute Gasteiger partial charge is 0.167 e. The lowest BCUT2D eigenvalue weighted by molar-refractivity contribution is -0.0757. The van der Waals surface area contributed by atoms with E-state index in [-0.39, 0.29) is 11.9 Å². The molecular weight excluding hydrogens is 274 g/mol. The van der Waals surface area contributed by atoms with Gasteiger partial charge in [-0.1, -0.05) is 13.3 Å². The molecule has 2 aromatic rings. The topological polar surface area (TPSA) is 119 Å². The number of aromatic nitrogens is 4. The van der Waals surface area contributed by atoms with Crippen molar-refractivity contribution in [2.75, 3.05) is 5.73 Å². The largest absolute Gasteiger partial charge is 0.390 e. The summed E-state index contributed by atoms with van der Waals surface area (Å²) >= 11 is 0. The zero-order chi connectivity index (χ0) is 15.0. The summed E-state index contributed by atoms with van der Waals surface area (Å²) in [6.07, 6.45) is 2.44. The molecule has 8 heteroatoms. The van der Waals surface area contributed by atoms with Crippen molar-refractivity contribution < 1.29 is 14.9 Å². The van der Waals surface area contributed by atoms with Gasteiger partial charge in [-0.05, 0) is 6.42 Å². The maximum Gasteiger partial charge on any atom is 0.167 e. The van der Waals surface area contributed by atoms with E-state index in [0.717, 1.165) is 6.42 Å². The van der Waals surface area contributed by atoms with Crippen molar-refractivity contribution >= 4 is 17.0 Å². The van der Waals surface area contributed by atoms with Crippen LogP contribution in [0.3, 0.4) is 0 Å². The molecule has 8 nitrogen and oxygen atoms in total. The molecule has 0 amide bonds. The number of hydrogen-bond acceptors (Lipinski definition) is 7. The summed E-state index contributed by atoms with van der Waals surface area (Å²) in [7, 11) is 0. The van der Waals surface area contributed by atoms with Gasteiger partial charge < -0.3 is 20.7 Å². The first-order chi connectivity index (χ1) is 10.1. The number of aliphatic hydroxyl groups excluding tert-OH is 2. The van der Waals surface area contributed by atoms with Gasteiger partial charge in [0, 0.05) is 6.42 Å². The number of nitrogens with two attached hydrogens (primary N) is 1. The van der Waals surface area contributed by atoms with Gasteiger partial charge in [-0.15, -0.1) is 0 Å². The van der Waals surface area contributed by atoms with Crippen LogP contribution in [0.2, 0.25) is 0 Å². The Balaban J connectivity index is 1.87. The van der Waals surface area contributed by atoms with Crippen LogP contribution in [-0.2, 0) is 4.74 Å². The maximum absolute atomic E-state index is 10.2. The number of nitrogen functional groups attached to an aromatic ring is 1. The van der Waals surface area contributed by atoms with Crippen LogP contribution in [0.1, 0.15) is 32.4 Å². The Morgan fingerprint density at radius 1 is 1.48 bits per heavy atom. The van der Waals surface area contributed by atoms with Crippen molar-refractivity contribution in [3.8, 4) is 0 Å². The van der Waals surface area contributed by atoms with Crippen LogP contribution in [0.15, 0.2) is 12.7 Å². The van der Waals surface area contributed by atoms with Crippen LogP contribution < -0.4 is 5.73 Å². The van der Waals surface area contributed by atoms with Crippen molar-refractivity contribution in [3.63, 3.8) is 0 Å². The number of fused-ring (bicyclic) bond motifs is 1. The third-order valence-corrected chi connectivity index (χ3v) is 3.79. The summed E-state index contributed by atoms with van der Waals surface area (Å²) in [5.74, 6) is 0.286. The number of anilines is 1. The molecule has 3 rings (SSSR count). The van der Waals surface area contributed by atoms with E-state index in [0.29, 0.717) is 24.0 Å². The molecule has 0 aromatic carbocycles. The van der Waals surface area contributed by atoms with Gasteiger partial charge in [-0.25, -0.2) is 15.0 Å². The van der Waals surface area contributed by atoms with Gasteiger partial charge in [0.1, 0.15) is 17.9 Å². The Bertz CT molecular complexity index is 631. The normalized spacial score (nSPS) is 27.3. The van der Waals surface area contributed by atoms with E-state index in [1.54, 1.807) is 4.57 Å². The second kappa shape index (κ2) is 5.55. The van der Waals surface area contributed by atoms with Crippen LogP contribution in [0.4, 0.5) is 5.82 Å². The Hall–Kier alpha value is -1.77. The first-order valence-corrected chi connectivity index (χ1v) is 7.06. The second-order valence-corrected chi connectivity index (χ2v) is 5.31. The Kier molecular flexibility index (Phi) is 3.75. The lowest BCUT2D eigenvalue weighted by Crippen LogP contribution is -2.25. The van der Waals surface area contributed by atoms with Gasteiger partial charge in [-0.2, -0.15) is 0 Å². The summed E-state index contributed by atoms with van der Waals surface area (Å²) in [6, 6.07) is 0. The SMILES string of the molecule is CCC[C@@H](O)[C@@H]1C[C@@H](O)[C@H](n2cnc3c(N)ncnc32)O1. The van der Waals surface area contributed by atoms with Crippen LogP contribution >= 0.6 is 0 Å². The maximum atomic E-state index is 10.2. The molecule has 4 atom stereocenters. The average molecular weight is 293 g/mol.